The quantitative estimate of drug-likeness (QED) is 0.449. The first-order valence-corrected chi connectivity index (χ1v) is 7.24. The molecule has 3 rings (SSSR count). The summed E-state index contributed by atoms with van der Waals surface area (Å²) in [5.41, 5.74) is 7.41. The number of hydrogen-bond acceptors (Lipinski definition) is 4. The molecule has 0 bridgehead atoms. The second kappa shape index (κ2) is 3.13. The fraction of sp³-hybridized carbons (Fsp3) is 0.333. The Morgan fingerprint density at radius 2 is 2.43 bits per heavy atom. The van der Waals surface area contributed by atoms with Crippen LogP contribution in [0.4, 0.5) is 0 Å². The SMILES string of the molecule is NC1(I)OC2=C(SCC2)c2ccsc21. The molecule has 1 atom stereocenters. The van der Waals surface area contributed by atoms with Crippen molar-refractivity contribution in [2.24, 2.45) is 5.73 Å². The predicted octanol–water partition coefficient (Wildman–Crippen LogP) is 3.09. The molecule has 0 saturated heterocycles. The number of rotatable bonds is 0. The maximum atomic E-state index is 6.12. The van der Waals surface area contributed by atoms with Crippen molar-refractivity contribution >= 4 is 50.6 Å². The largest absolute Gasteiger partial charge is 0.462 e. The Kier molecular flexibility index (Phi) is 2.13. The molecule has 2 aliphatic heterocycles. The molecule has 74 valence electrons. The van der Waals surface area contributed by atoms with E-state index in [9.17, 15) is 0 Å². The van der Waals surface area contributed by atoms with Gasteiger partial charge in [0.05, 0.1) is 9.78 Å². The van der Waals surface area contributed by atoms with Crippen LogP contribution in [0.15, 0.2) is 17.2 Å². The highest BCUT2D eigenvalue weighted by Gasteiger charge is 2.39. The van der Waals surface area contributed by atoms with Crippen molar-refractivity contribution in [3.63, 3.8) is 0 Å². The Labute approximate surface area is 104 Å². The minimum atomic E-state index is -0.648. The van der Waals surface area contributed by atoms with Crippen LogP contribution >= 0.6 is 45.7 Å². The van der Waals surface area contributed by atoms with Gasteiger partial charge in [-0.2, -0.15) is 0 Å². The minimum Gasteiger partial charge on any atom is -0.462 e. The third kappa shape index (κ3) is 1.26. The number of nitrogens with two attached hydrogens (primary N) is 1. The first-order chi connectivity index (χ1) is 6.68. The van der Waals surface area contributed by atoms with Crippen molar-refractivity contribution in [3.8, 4) is 0 Å². The molecule has 14 heavy (non-hydrogen) atoms. The lowest BCUT2D eigenvalue weighted by molar-refractivity contribution is 0.102. The molecule has 0 radical (unpaired) electrons. The van der Waals surface area contributed by atoms with E-state index < -0.39 is 3.73 Å². The number of hydrogen-bond donors (Lipinski definition) is 1. The second-order valence-electron chi connectivity index (χ2n) is 3.26. The number of allylic oxidation sites excluding steroid dienone is 1. The molecule has 5 heteroatoms. The summed E-state index contributed by atoms with van der Waals surface area (Å²) in [6, 6.07) is 2.15. The van der Waals surface area contributed by atoms with Gasteiger partial charge >= 0.3 is 0 Å². The molecular weight excluding hydrogens is 329 g/mol. The average Bonchev–Trinajstić information content (AvgIpc) is 2.66. The number of fused-ring (bicyclic) bond motifs is 2. The van der Waals surface area contributed by atoms with Gasteiger partial charge in [-0.05, 0) is 34.0 Å². The fourth-order valence-electron chi connectivity index (χ4n) is 1.74. The molecule has 2 aliphatic rings. The van der Waals surface area contributed by atoms with Gasteiger partial charge in [-0.15, -0.1) is 23.1 Å². The molecule has 1 aromatic heterocycles. The zero-order valence-electron chi connectivity index (χ0n) is 7.25. The predicted molar refractivity (Wildman–Crippen MR) is 69.3 cm³/mol. The van der Waals surface area contributed by atoms with Crippen LogP contribution in [0.3, 0.4) is 0 Å². The van der Waals surface area contributed by atoms with Crippen LogP contribution in [-0.2, 0) is 8.47 Å². The molecule has 0 amide bonds. The van der Waals surface area contributed by atoms with Gasteiger partial charge in [0.2, 0.25) is 3.73 Å². The zero-order valence-corrected chi connectivity index (χ0v) is 11.0. The lowest BCUT2D eigenvalue weighted by Gasteiger charge is -2.29. The number of ether oxygens (including phenoxy) is 1. The molecule has 2 nitrogen and oxygen atoms in total. The Bertz CT molecular complexity index is 424. The van der Waals surface area contributed by atoms with Gasteiger partial charge in [0.25, 0.3) is 0 Å². The monoisotopic (exact) mass is 337 g/mol. The molecule has 1 aromatic rings. The summed E-state index contributed by atoms with van der Waals surface area (Å²) >= 11 is 5.73. The smallest absolute Gasteiger partial charge is 0.245 e. The Morgan fingerprint density at radius 3 is 3.29 bits per heavy atom. The number of thiophene rings is 1. The van der Waals surface area contributed by atoms with Gasteiger partial charge < -0.3 is 4.74 Å². The van der Waals surface area contributed by atoms with Crippen LogP contribution in [0, 0.1) is 0 Å². The molecular formula is C9H8INOS2. The van der Waals surface area contributed by atoms with Gasteiger partial charge in [-0.3, -0.25) is 5.73 Å². The van der Waals surface area contributed by atoms with Crippen LogP contribution in [-0.4, -0.2) is 5.75 Å². The molecule has 2 N–H and O–H groups in total. The number of halogens is 1. The molecule has 0 saturated carbocycles. The average molecular weight is 337 g/mol. The van der Waals surface area contributed by atoms with Crippen molar-refractivity contribution in [3.05, 3.63) is 27.6 Å². The highest BCUT2D eigenvalue weighted by molar-refractivity contribution is 14.1. The van der Waals surface area contributed by atoms with Crippen LogP contribution in [0.25, 0.3) is 4.91 Å². The Balaban J connectivity index is 2.22. The second-order valence-corrected chi connectivity index (χ2v) is 6.89. The van der Waals surface area contributed by atoms with E-state index in [1.165, 1.54) is 10.5 Å². The van der Waals surface area contributed by atoms with E-state index in [1.54, 1.807) is 11.3 Å². The first kappa shape index (κ1) is 9.50. The summed E-state index contributed by atoms with van der Waals surface area (Å²) in [7, 11) is 0. The van der Waals surface area contributed by atoms with E-state index in [1.807, 2.05) is 11.8 Å². The summed E-state index contributed by atoms with van der Waals surface area (Å²) in [5, 5.41) is 2.09. The van der Waals surface area contributed by atoms with E-state index >= 15 is 0 Å². The summed E-state index contributed by atoms with van der Waals surface area (Å²) in [6.07, 6.45) is 1.01. The van der Waals surface area contributed by atoms with Gasteiger partial charge in [-0.25, -0.2) is 0 Å². The number of thioether (sulfide) groups is 1. The van der Waals surface area contributed by atoms with Crippen molar-refractivity contribution in [1.82, 2.24) is 0 Å². The topological polar surface area (TPSA) is 35.2 Å². The summed E-state index contributed by atoms with van der Waals surface area (Å²) in [5.74, 6) is 2.20. The van der Waals surface area contributed by atoms with E-state index in [0.717, 1.165) is 22.8 Å². The van der Waals surface area contributed by atoms with Crippen molar-refractivity contribution in [1.29, 1.82) is 0 Å². The summed E-state index contributed by atoms with van der Waals surface area (Å²) < 4.78 is 5.17. The maximum Gasteiger partial charge on any atom is 0.245 e. The number of alkyl halides is 1. The van der Waals surface area contributed by atoms with Crippen molar-refractivity contribution < 1.29 is 4.74 Å². The molecule has 1 unspecified atom stereocenters. The van der Waals surface area contributed by atoms with Crippen LogP contribution in [0.5, 0.6) is 0 Å². The van der Waals surface area contributed by atoms with E-state index in [2.05, 4.69) is 34.0 Å². The summed E-state index contributed by atoms with van der Waals surface area (Å²) in [4.78, 5) is 2.45. The van der Waals surface area contributed by atoms with Crippen molar-refractivity contribution in [2.45, 2.75) is 10.2 Å². The fourth-order valence-corrected chi connectivity index (χ4v) is 4.71. The van der Waals surface area contributed by atoms with Crippen LogP contribution < -0.4 is 5.73 Å². The van der Waals surface area contributed by atoms with E-state index in [4.69, 9.17) is 10.5 Å². The van der Waals surface area contributed by atoms with Crippen molar-refractivity contribution in [2.75, 3.05) is 5.75 Å². The first-order valence-electron chi connectivity index (χ1n) is 4.29. The molecule has 0 aromatic carbocycles. The lowest BCUT2D eigenvalue weighted by Crippen LogP contribution is -2.34. The van der Waals surface area contributed by atoms with Gasteiger partial charge in [0.15, 0.2) is 0 Å². The Hall–Kier alpha value is 0.280. The normalized spacial score (nSPS) is 29.9. The lowest BCUT2D eigenvalue weighted by atomic mass is 10.1. The molecule has 0 aliphatic carbocycles. The molecule has 0 spiro atoms. The Morgan fingerprint density at radius 1 is 1.57 bits per heavy atom. The third-order valence-electron chi connectivity index (χ3n) is 2.32. The van der Waals surface area contributed by atoms with E-state index in [-0.39, 0.29) is 0 Å². The van der Waals surface area contributed by atoms with Gasteiger partial charge in [0.1, 0.15) is 5.76 Å². The van der Waals surface area contributed by atoms with Crippen LogP contribution in [0.2, 0.25) is 0 Å². The van der Waals surface area contributed by atoms with E-state index in [0.29, 0.717) is 0 Å². The minimum absolute atomic E-state index is 0.648. The molecule has 3 heterocycles. The summed E-state index contributed by atoms with van der Waals surface area (Å²) in [6.45, 7) is 0. The van der Waals surface area contributed by atoms with Gasteiger partial charge in [0, 0.05) is 17.7 Å². The standard InChI is InChI=1S/C9H8INOS2/c10-9(11)8-5(1-3-14-8)7-6(12-9)2-4-13-7/h1,3H,2,4,11H2. The zero-order chi connectivity index (χ0) is 9.76. The third-order valence-corrected chi connectivity index (χ3v) is 5.62. The maximum absolute atomic E-state index is 6.12. The van der Waals surface area contributed by atoms with Gasteiger partial charge in [-0.1, -0.05) is 0 Å². The molecule has 0 fully saturated rings. The highest BCUT2D eigenvalue weighted by atomic mass is 127. The van der Waals surface area contributed by atoms with Crippen LogP contribution in [0.1, 0.15) is 16.9 Å². The highest BCUT2D eigenvalue weighted by Crippen LogP contribution is 2.51.